The number of aryl methyl sites for hydroxylation is 1. The first kappa shape index (κ1) is 18.3. The van der Waals surface area contributed by atoms with Gasteiger partial charge in [-0.2, -0.15) is 0 Å². The van der Waals surface area contributed by atoms with Crippen LogP contribution in [0.4, 0.5) is 0 Å². The molecule has 0 spiro atoms. The standard InChI is InChI=1S/C21H29NO2/c1-16-5-10-19(21(2,3)4)20(15-16)24-14-13-23-18-8-6-17(7-9-18)11-12-22/h5-10,15H,11-14,22H2,1-4H3. The number of hydrogen-bond donors (Lipinski definition) is 1. The number of nitrogens with two attached hydrogens (primary N) is 1. The summed E-state index contributed by atoms with van der Waals surface area (Å²) in [5.41, 5.74) is 9.27. The first-order valence-corrected chi connectivity index (χ1v) is 8.56. The van der Waals surface area contributed by atoms with Crippen LogP contribution in [0.1, 0.15) is 37.5 Å². The highest BCUT2D eigenvalue weighted by atomic mass is 16.5. The fourth-order valence-electron chi connectivity index (χ4n) is 2.60. The molecule has 0 bridgehead atoms. The van der Waals surface area contributed by atoms with Crippen LogP contribution in [0.15, 0.2) is 42.5 Å². The molecule has 2 aromatic carbocycles. The molecule has 0 radical (unpaired) electrons. The van der Waals surface area contributed by atoms with Crippen LogP contribution in [0.25, 0.3) is 0 Å². The molecule has 0 aliphatic heterocycles. The van der Waals surface area contributed by atoms with Crippen molar-refractivity contribution in [2.24, 2.45) is 5.73 Å². The van der Waals surface area contributed by atoms with Crippen LogP contribution >= 0.6 is 0 Å². The van der Waals surface area contributed by atoms with E-state index in [0.717, 1.165) is 17.9 Å². The second-order valence-electron chi connectivity index (χ2n) is 7.13. The number of hydrogen-bond acceptors (Lipinski definition) is 3. The summed E-state index contributed by atoms with van der Waals surface area (Å²) in [4.78, 5) is 0. The van der Waals surface area contributed by atoms with Gasteiger partial charge in [-0.1, -0.05) is 45.0 Å². The summed E-state index contributed by atoms with van der Waals surface area (Å²) in [5, 5.41) is 0. The second kappa shape index (κ2) is 8.20. The molecule has 0 aliphatic rings. The third kappa shape index (κ3) is 5.27. The van der Waals surface area contributed by atoms with Crippen LogP contribution < -0.4 is 15.2 Å². The molecule has 24 heavy (non-hydrogen) atoms. The largest absolute Gasteiger partial charge is 0.490 e. The van der Waals surface area contributed by atoms with E-state index in [0.29, 0.717) is 19.8 Å². The van der Waals surface area contributed by atoms with Crippen LogP contribution in [-0.2, 0) is 11.8 Å². The molecule has 2 N–H and O–H groups in total. The van der Waals surface area contributed by atoms with Crippen molar-refractivity contribution in [3.63, 3.8) is 0 Å². The zero-order chi connectivity index (χ0) is 17.6. The van der Waals surface area contributed by atoms with Crippen LogP contribution in [0, 0.1) is 6.92 Å². The van der Waals surface area contributed by atoms with E-state index in [4.69, 9.17) is 15.2 Å². The molecule has 0 saturated heterocycles. The Bertz CT molecular complexity index is 642. The maximum atomic E-state index is 5.99. The molecule has 0 unspecified atom stereocenters. The minimum Gasteiger partial charge on any atom is -0.490 e. The Labute approximate surface area is 145 Å². The van der Waals surface area contributed by atoms with Crippen molar-refractivity contribution in [2.75, 3.05) is 19.8 Å². The molecular weight excluding hydrogens is 298 g/mol. The van der Waals surface area contributed by atoms with Crippen molar-refractivity contribution in [2.45, 2.75) is 39.5 Å². The summed E-state index contributed by atoms with van der Waals surface area (Å²) < 4.78 is 11.7. The van der Waals surface area contributed by atoms with Crippen molar-refractivity contribution >= 4 is 0 Å². The first-order valence-electron chi connectivity index (χ1n) is 8.56. The Morgan fingerprint density at radius 3 is 2.21 bits per heavy atom. The average Bonchev–Trinajstić information content (AvgIpc) is 2.52. The van der Waals surface area contributed by atoms with E-state index in [1.54, 1.807) is 0 Å². The summed E-state index contributed by atoms with van der Waals surface area (Å²) >= 11 is 0. The maximum Gasteiger partial charge on any atom is 0.123 e. The lowest BCUT2D eigenvalue weighted by molar-refractivity contribution is 0.214. The van der Waals surface area contributed by atoms with Crippen LogP contribution in [0.2, 0.25) is 0 Å². The fourth-order valence-corrected chi connectivity index (χ4v) is 2.60. The van der Waals surface area contributed by atoms with Crippen molar-refractivity contribution in [1.82, 2.24) is 0 Å². The van der Waals surface area contributed by atoms with Gasteiger partial charge in [-0.05, 0) is 60.2 Å². The van der Waals surface area contributed by atoms with Gasteiger partial charge >= 0.3 is 0 Å². The molecule has 2 rings (SSSR count). The molecule has 0 aromatic heterocycles. The van der Waals surface area contributed by atoms with Crippen LogP contribution in [-0.4, -0.2) is 19.8 Å². The molecule has 2 aromatic rings. The monoisotopic (exact) mass is 327 g/mol. The molecule has 0 aliphatic carbocycles. The van der Waals surface area contributed by atoms with Gasteiger partial charge in [0.2, 0.25) is 0 Å². The summed E-state index contributed by atoms with van der Waals surface area (Å²) in [6, 6.07) is 14.5. The van der Waals surface area contributed by atoms with E-state index in [-0.39, 0.29) is 5.41 Å². The summed E-state index contributed by atoms with van der Waals surface area (Å²) in [7, 11) is 0. The first-order chi connectivity index (χ1) is 11.4. The number of benzene rings is 2. The molecule has 0 fully saturated rings. The van der Waals surface area contributed by atoms with E-state index in [9.17, 15) is 0 Å². The highest BCUT2D eigenvalue weighted by molar-refractivity contribution is 5.41. The minimum atomic E-state index is 0.0582. The SMILES string of the molecule is Cc1ccc(C(C)(C)C)c(OCCOc2ccc(CCN)cc2)c1. The van der Waals surface area contributed by atoms with Gasteiger partial charge in [-0.25, -0.2) is 0 Å². The van der Waals surface area contributed by atoms with E-state index in [1.165, 1.54) is 16.7 Å². The topological polar surface area (TPSA) is 44.5 Å². The minimum absolute atomic E-state index is 0.0582. The quantitative estimate of drug-likeness (QED) is 0.773. The molecule has 0 atom stereocenters. The Hall–Kier alpha value is -2.00. The van der Waals surface area contributed by atoms with Crippen molar-refractivity contribution in [1.29, 1.82) is 0 Å². The third-order valence-electron chi connectivity index (χ3n) is 3.91. The molecule has 0 heterocycles. The molecule has 0 saturated carbocycles. The molecule has 3 heteroatoms. The van der Waals surface area contributed by atoms with Crippen molar-refractivity contribution in [3.05, 3.63) is 59.2 Å². The van der Waals surface area contributed by atoms with Crippen LogP contribution in [0.3, 0.4) is 0 Å². The summed E-state index contributed by atoms with van der Waals surface area (Å²) in [5.74, 6) is 1.81. The zero-order valence-electron chi connectivity index (χ0n) is 15.3. The lowest BCUT2D eigenvalue weighted by atomic mass is 9.86. The molecule has 130 valence electrons. The predicted octanol–water partition coefficient (Wildman–Crippen LogP) is 4.25. The lowest BCUT2D eigenvalue weighted by Gasteiger charge is -2.23. The van der Waals surface area contributed by atoms with Crippen molar-refractivity contribution in [3.8, 4) is 11.5 Å². The van der Waals surface area contributed by atoms with Gasteiger partial charge in [0.15, 0.2) is 0 Å². The van der Waals surface area contributed by atoms with Crippen molar-refractivity contribution < 1.29 is 9.47 Å². The lowest BCUT2D eigenvalue weighted by Crippen LogP contribution is -2.16. The van der Waals surface area contributed by atoms with E-state index >= 15 is 0 Å². The molecule has 0 amide bonds. The molecular formula is C21H29NO2. The van der Waals surface area contributed by atoms with Gasteiger partial charge in [-0.15, -0.1) is 0 Å². The maximum absolute atomic E-state index is 5.99. The number of rotatable bonds is 7. The Morgan fingerprint density at radius 2 is 1.58 bits per heavy atom. The zero-order valence-corrected chi connectivity index (χ0v) is 15.3. The highest BCUT2D eigenvalue weighted by Crippen LogP contribution is 2.32. The Balaban J connectivity index is 1.89. The van der Waals surface area contributed by atoms with Crippen LogP contribution in [0.5, 0.6) is 11.5 Å². The van der Waals surface area contributed by atoms with Gasteiger partial charge < -0.3 is 15.2 Å². The Morgan fingerprint density at radius 1 is 0.917 bits per heavy atom. The second-order valence-corrected chi connectivity index (χ2v) is 7.13. The summed E-state index contributed by atoms with van der Waals surface area (Å²) in [6.07, 6.45) is 0.895. The summed E-state index contributed by atoms with van der Waals surface area (Å²) in [6.45, 7) is 10.4. The Kier molecular flexibility index (Phi) is 6.27. The van der Waals surface area contributed by atoms with E-state index in [1.807, 2.05) is 12.1 Å². The smallest absolute Gasteiger partial charge is 0.123 e. The third-order valence-corrected chi connectivity index (χ3v) is 3.91. The van der Waals surface area contributed by atoms with E-state index in [2.05, 4.69) is 58.0 Å². The molecule has 3 nitrogen and oxygen atoms in total. The van der Waals surface area contributed by atoms with Gasteiger partial charge in [0.05, 0.1) is 0 Å². The van der Waals surface area contributed by atoms with Gasteiger partial charge in [0.25, 0.3) is 0 Å². The van der Waals surface area contributed by atoms with Gasteiger partial charge in [0.1, 0.15) is 24.7 Å². The van der Waals surface area contributed by atoms with Gasteiger partial charge in [-0.3, -0.25) is 0 Å². The van der Waals surface area contributed by atoms with E-state index < -0.39 is 0 Å². The number of ether oxygens (including phenoxy) is 2. The highest BCUT2D eigenvalue weighted by Gasteiger charge is 2.18. The average molecular weight is 327 g/mol. The fraction of sp³-hybridized carbons (Fsp3) is 0.429. The normalized spacial score (nSPS) is 11.4. The predicted molar refractivity (Wildman–Crippen MR) is 100 cm³/mol. The van der Waals surface area contributed by atoms with Gasteiger partial charge in [0, 0.05) is 0 Å².